The number of piperazine rings is 1. The summed E-state index contributed by atoms with van der Waals surface area (Å²) in [6.07, 6.45) is -0.947. The first-order chi connectivity index (χ1) is 20.7. The molecule has 0 bridgehead atoms. The molecule has 43 heavy (non-hydrogen) atoms. The Labute approximate surface area is 248 Å². The third-order valence-electron chi connectivity index (χ3n) is 7.24. The molecule has 4 rings (SSSR count). The Morgan fingerprint density at radius 1 is 1.00 bits per heavy atom. The molecule has 0 spiro atoms. The van der Waals surface area contributed by atoms with Gasteiger partial charge in [-0.1, -0.05) is 6.07 Å². The second kappa shape index (κ2) is 14.6. The number of nitrogens with one attached hydrogen (secondary N) is 1. The van der Waals surface area contributed by atoms with Crippen molar-refractivity contribution in [2.45, 2.75) is 32.7 Å². The lowest BCUT2D eigenvalue weighted by molar-refractivity contribution is -0.139. The summed E-state index contributed by atoms with van der Waals surface area (Å²) in [4.78, 5) is 72.1. The second-order valence-electron chi connectivity index (χ2n) is 10.3. The standard InChI is InChI=1S/C29H37N5O9/c1-3-42-29(40)34-10-8-33(9-11-34)28(39)21(6-7-26(36)37)31-27(38)23-17-24(20-5-4-19(2)16-22(20)30-23)43-18-25(35)32-12-14-41-15-13-32/h4-5,16-17,21H,3,6-15,18H2,1-2H3,(H,31,38)(H,36,37)/t21-/m0/s1. The summed E-state index contributed by atoms with van der Waals surface area (Å²) in [6, 6.07) is 5.71. The number of aromatic nitrogens is 1. The van der Waals surface area contributed by atoms with Gasteiger partial charge in [0.2, 0.25) is 5.91 Å². The van der Waals surface area contributed by atoms with Crippen LogP contribution >= 0.6 is 0 Å². The summed E-state index contributed by atoms with van der Waals surface area (Å²) < 4.78 is 16.2. The highest BCUT2D eigenvalue weighted by molar-refractivity contribution is 5.99. The SMILES string of the molecule is CCOC(=O)N1CCN(C(=O)[C@H](CCC(=O)O)NC(=O)c2cc(OCC(=O)N3CCOCC3)c3ccc(C)cc3n2)CC1. The van der Waals surface area contributed by atoms with E-state index in [0.29, 0.717) is 37.2 Å². The number of pyridine rings is 1. The number of carbonyl (C=O) groups is 5. The van der Waals surface area contributed by atoms with Gasteiger partial charge in [0.05, 0.1) is 25.3 Å². The number of hydrogen-bond donors (Lipinski definition) is 2. The van der Waals surface area contributed by atoms with E-state index in [1.165, 1.54) is 15.9 Å². The fourth-order valence-electron chi connectivity index (χ4n) is 4.89. The van der Waals surface area contributed by atoms with Crippen LogP contribution in [0.1, 0.15) is 35.8 Å². The predicted octanol–water partition coefficient (Wildman–Crippen LogP) is 1.04. The van der Waals surface area contributed by atoms with Crippen LogP contribution < -0.4 is 10.1 Å². The highest BCUT2D eigenvalue weighted by Crippen LogP contribution is 2.27. The minimum atomic E-state index is -1.14. The number of carboxylic acids is 1. The van der Waals surface area contributed by atoms with E-state index in [-0.39, 0.29) is 69.6 Å². The highest BCUT2D eigenvalue weighted by atomic mass is 16.6. The van der Waals surface area contributed by atoms with Crippen molar-refractivity contribution in [2.75, 3.05) is 65.7 Å². The Bertz CT molecular complexity index is 1350. The Kier molecular flexibility index (Phi) is 10.7. The lowest BCUT2D eigenvalue weighted by Crippen LogP contribution is -2.56. The molecule has 2 aliphatic heterocycles. The second-order valence-corrected chi connectivity index (χ2v) is 10.3. The number of hydrogen-bond acceptors (Lipinski definition) is 9. The molecule has 1 atom stereocenters. The zero-order valence-corrected chi connectivity index (χ0v) is 24.4. The first kappa shape index (κ1) is 31.5. The molecule has 2 fully saturated rings. The van der Waals surface area contributed by atoms with E-state index in [0.717, 1.165) is 5.56 Å². The number of aryl methyl sites for hydroxylation is 1. The molecular formula is C29H37N5O9. The molecule has 0 radical (unpaired) electrons. The van der Waals surface area contributed by atoms with Crippen LogP contribution in [0.3, 0.4) is 0 Å². The molecule has 14 heteroatoms. The maximum absolute atomic E-state index is 13.5. The summed E-state index contributed by atoms with van der Waals surface area (Å²) in [6.45, 7) is 6.33. The molecule has 2 saturated heterocycles. The van der Waals surface area contributed by atoms with Gasteiger partial charge in [-0.05, 0) is 38.0 Å². The fraction of sp³-hybridized carbons (Fsp3) is 0.517. The van der Waals surface area contributed by atoms with Crippen molar-refractivity contribution < 1.29 is 43.3 Å². The molecule has 1 aromatic carbocycles. The summed E-state index contributed by atoms with van der Waals surface area (Å²) >= 11 is 0. The van der Waals surface area contributed by atoms with Crippen molar-refractivity contribution in [3.05, 3.63) is 35.5 Å². The maximum Gasteiger partial charge on any atom is 0.409 e. The average molecular weight is 600 g/mol. The van der Waals surface area contributed by atoms with E-state index in [1.807, 2.05) is 13.0 Å². The van der Waals surface area contributed by atoms with Crippen molar-refractivity contribution in [3.63, 3.8) is 0 Å². The van der Waals surface area contributed by atoms with Crippen molar-refractivity contribution in [1.29, 1.82) is 0 Å². The van der Waals surface area contributed by atoms with Gasteiger partial charge in [0.25, 0.3) is 11.8 Å². The Morgan fingerprint density at radius 3 is 2.37 bits per heavy atom. The van der Waals surface area contributed by atoms with E-state index in [2.05, 4.69) is 10.3 Å². The van der Waals surface area contributed by atoms with Crippen molar-refractivity contribution in [1.82, 2.24) is 25.0 Å². The van der Waals surface area contributed by atoms with Crippen LogP contribution in [0.2, 0.25) is 0 Å². The third-order valence-corrected chi connectivity index (χ3v) is 7.24. The average Bonchev–Trinajstić information content (AvgIpc) is 3.01. The number of ether oxygens (including phenoxy) is 3. The summed E-state index contributed by atoms with van der Waals surface area (Å²) in [5, 5.41) is 12.5. The van der Waals surface area contributed by atoms with Crippen LogP contribution in [-0.2, 0) is 23.9 Å². The molecule has 0 saturated carbocycles. The fourth-order valence-corrected chi connectivity index (χ4v) is 4.89. The number of fused-ring (bicyclic) bond motifs is 1. The van der Waals surface area contributed by atoms with Gasteiger partial charge < -0.3 is 39.3 Å². The van der Waals surface area contributed by atoms with Crippen LogP contribution in [0.5, 0.6) is 5.75 Å². The van der Waals surface area contributed by atoms with Crippen molar-refractivity contribution in [2.24, 2.45) is 0 Å². The van der Waals surface area contributed by atoms with E-state index < -0.39 is 29.9 Å². The quantitative estimate of drug-likeness (QED) is 0.403. The maximum atomic E-state index is 13.5. The van der Waals surface area contributed by atoms with Crippen LogP contribution in [0.25, 0.3) is 10.9 Å². The zero-order chi connectivity index (χ0) is 30.9. The number of rotatable bonds is 10. The summed E-state index contributed by atoms with van der Waals surface area (Å²) in [5.74, 6) is -2.20. The molecule has 0 aliphatic carbocycles. The molecule has 2 aromatic rings. The monoisotopic (exact) mass is 599 g/mol. The molecule has 4 amide bonds. The predicted molar refractivity (Wildman–Crippen MR) is 153 cm³/mol. The van der Waals surface area contributed by atoms with E-state index in [1.54, 1.807) is 24.0 Å². The largest absolute Gasteiger partial charge is 0.483 e. The van der Waals surface area contributed by atoms with Gasteiger partial charge >= 0.3 is 12.1 Å². The topological polar surface area (TPSA) is 168 Å². The molecule has 0 unspecified atom stereocenters. The van der Waals surface area contributed by atoms with Gasteiger partial charge in [-0.25, -0.2) is 9.78 Å². The van der Waals surface area contributed by atoms with Crippen LogP contribution in [0.15, 0.2) is 24.3 Å². The normalized spacial score (nSPS) is 16.0. The number of carboxylic acid groups (broad SMARTS) is 1. The highest BCUT2D eigenvalue weighted by Gasteiger charge is 2.31. The minimum absolute atomic E-state index is 0.0489. The Balaban J connectivity index is 1.51. The smallest absolute Gasteiger partial charge is 0.409 e. The molecular weight excluding hydrogens is 562 g/mol. The van der Waals surface area contributed by atoms with Gasteiger partial charge in [0, 0.05) is 57.1 Å². The lowest BCUT2D eigenvalue weighted by Gasteiger charge is -2.35. The molecule has 3 heterocycles. The van der Waals surface area contributed by atoms with Gasteiger partial charge in [-0.2, -0.15) is 0 Å². The van der Waals surface area contributed by atoms with Crippen LogP contribution in [0, 0.1) is 6.92 Å². The Morgan fingerprint density at radius 2 is 1.70 bits per heavy atom. The van der Waals surface area contributed by atoms with Gasteiger partial charge in [-0.3, -0.25) is 19.2 Å². The number of morpholine rings is 1. The van der Waals surface area contributed by atoms with Crippen LogP contribution in [-0.4, -0.2) is 126 Å². The number of benzene rings is 1. The molecule has 1 aromatic heterocycles. The third kappa shape index (κ3) is 8.31. The minimum Gasteiger partial charge on any atom is -0.483 e. The number of nitrogens with zero attached hydrogens (tertiary/aromatic N) is 4. The Hall–Kier alpha value is -4.46. The van der Waals surface area contributed by atoms with Gasteiger partial charge in [0.15, 0.2) is 6.61 Å². The van der Waals surface area contributed by atoms with E-state index in [9.17, 15) is 29.1 Å². The number of carbonyl (C=O) groups excluding carboxylic acids is 4. The van der Waals surface area contributed by atoms with E-state index >= 15 is 0 Å². The zero-order valence-electron chi connectivity index (χ0n) is 24.4. The first-order valence-electron chi connectivity index (χ1n) is 14.3. The summed E-state index contributed by atoms with van der Waals surface area (Å²) in [5.41, 5.74) is 1.31. The lowest BCUT2D eigenvalue weighted by atomic mass is 10.1. The van der Waals surface area contributed by atoms with Gasteiger partial charge in [0.1, 0.15) is 17.5 Å². The number of amides is 4. The van der Waals surface area contributed by atoms with E-state index in [4.69, 9.17) is 14.2 Å². The van der Waals surface area contributed by atoms with Crippen molar-refractivity contribution in [3.8, 4) is 5.75 Å². The summed E-state index contributed by atoms with van der Waals surface area (Å²) in [7, 11) is 0. The molecule has 232 valence electrons. The number of aliphatic carboxylic acids is 1. The molecule has 14 nitrogen and oxygen atoms in total. The molecule has 2 aliphatic rings. The first-order valence-corrected chi connectivity index (χ1v) is 14.3. The van der Waals surface area contributed by atoms with Crippen molar-refractivity contribution >= 4 is 40.7 Å². The van der Waals surface area contributed by atoms with Gasteiger partial charge in [-0.15, -0.1) is 0 Å². The molecule has 2 N–H and O–H groups in total. The van der Waals surface area contributed by atoms with Crippen LogP contribution in [0.4, 0.5) is 4.79 Å².